The SMILES string of the molecule is N=C(N)c1cccc(OC2CCOCC2)n1. The Hall–Kier alpha value is -1.62. The second kappa shape index (κ2) is 4.94. The second-order valence-corrected chi connectivity index (χ2v) is 3.70. The summed E-state index contributed by atoms with van der Waals surface area (Å²) in [4.78, 5) is 4.15. The first-order valence-corrected chi connectivity index (χ1v) is 5.31. The van der Waals surface area contributed by atoms with E-state index in [0.717, 1.165) is 26.1 Å². The molecule has 2 heterocycles. The summed E-state index contributed by atoms with van der Waals surface area (Å²) in [7, 11) is 0. The van der Waals surface area contributed by atoms with E-state index in [1.165, 1.54) is 0 Å². The highest BCUT2D eigenvalue weighted by Gasteiger charge is 2.15. The lowest BCUT2D eigenvalue weighted by atomic mass is 10.1. The maximum Gasteiger partial charge on any atom is 0.214 e. The fraction of sp³-hybridized carbons (Fsp3) is 0.455. The topological polar surface area (TPSA) is 81.2 Å². The minimum Gasteiger partial charge on any atom is -0.474 e. The van der Waals surface area contributed by atoms with E-state index in [1.807, 2.05) is 0 Å². The molecule has 0 amide bonds. The molecule has 3 N–H and O–H groups in total. The van der Waals surface area contributed by atoms with E-state index in [9.17, 15) is 0 Å². The van der Waals surface area contributed by atoms with Gasteiger partial charge in [-0.15, -0.1) is 0 Å². The van der Waals surface area contributed by atoms with Gasteiger partial charge in [0.05, 0.1) is 13.2 Å². The monoisotopic (exact) mass is 221 g/mol. The lowest BCUT2D eigenvalue weighted by Crippen LogP contribution is -2.26. The Morgan fingerprint density at radius 2 is 2.19 bits per heavy atom. The first-order chi connectivity index (χ1) is 7.75. The number of nitrogens with zero attached hydrogens (tertiary/aromatic N) is 1. The molecular weight excluding hydrogens is 206 g/mol. The molecule has 0 atom stereocenters. The van der Waals surface area contributed by atoms with Crippen molar-refractivity contribution in [1.82, 2.24) is 4.98 Å². The first kappa shape index (κ1) is 10.9. The van der Waals surface area contributed by atoms with Crippen LogP contribution >= 0.6 is 0 Å². The zero-order valence-electron chi connectivity index (χ0n) is 8.98. The Labute approximate surface area is 94.1 Å². The minimum absolute atomic E-state index is 0.0440. The van der Waals surface area contributed by atoms with Gasteiger partial charge in [0, 0.05) is 18.9 Å². The fourth-order valence-electron chi connectivity index (χ4n) is 1.60. The van der Waals surface area contributed by atoms with Crippen molar-refractivity contribution in [3.8, 4) is 5.88 Å². The summed E-state index contributed by atoms with van der Waals surface area (Å²) in [6.45, 7) is 1.47. The van der Waals surface area contributed by atoms with E-state index >= 15 is 0 Å². The van der Waals surface area contributed by atoms with Crippen molar-refractivity contribution in [2.45, 2.75) is 18.9 Å². The van der Waals surface area contributed by atoms with Crippen molar-refractivity contribution in [2.75, 3.05) is 13.2 Å². The molecule has 0 aromatic carbocycles. The van der Waals surface area contributed by atoms with Gasteiger partial charge in [-0.3, -0.25) is 5.41 Å². The predicted octanol–water partition coefficient (Wildman–Crippen LogP) is 0.923. The molecule has 1 fully saturated rings. The van der Waals surface area contributed by atoms with Gasteiger partial charge in [0.25, 0.3) is 0 Å². The molecule has 0 unspecified atom stereocenters. The number of nitrogens with two attached hydrogens (primary N) is 1. The number of nitrogens with one attached hydrogen (secondary N) is 1. The van der Waals surface area contributed by atoms with Crippen LogP contribution in [0, 0.1) is 5.41 Å². The zero-order chi connectivity index (χ0) is 11.4. The number of hydrogen-bond acceptors (Lipinski definition) is 4. The molecule has 1 saturated heterocycles. The molecule has 1 aromatic heterocycles. The average molecular weight is 221 g/mol. The van der Waals surface area contributed by atoms with Crippen LogP contribution in [0.3, 0.4) is 0 Å². The normalized spacial score (nSPS) is 17.0. The Bertz CT molecular complexity index is 375. The van der Waals surface area contributed by atoms with Gasteiger partial charge in [-0.2, -0.15) is 0 Å². The fourth-order valence-corrected chi connectivity index (χ4v) is 1.60. The number of amidine groups is 1. The largest absolute Gasteiger partial charge is 0.474 e. The Morgan fingerprint density at radius 3 is 2.88 bits per heavy atom. The molecule has 1 aliphatic rings. The molecule has 1 aliphatic heterocycles. The maximum atomic E-state index is 7.29. The Kier molecular flexibility index (Phi) is 3.36. The molecule has 86 valence electrons. The van der Waals surface area contributed by atoms with Gasteiger partial charge < -0.3 is 15.2 Å². The third-order valence-corrected chi connectivity index (χ3v) is 2.46. The van der Waals surface area contributed by atoms with E-state index in [0.29, 0.717) is 11.6 Å². The van der Waals surface area contributed by atoms with E-state index in [-0.39, 0.29) is 11.9 Å². The van der Waals surface area contributed by atoms with Gasteiger partial charge in [-0.05, 0) is 6.07 Å². The zero-order valence-corrected chi connectivity index (χ0v) is 8.98. The number of pyridine rings is 1. The first-order valence-electron chi connectivity index (χ1n) is 5.31. The molecule has 16 heavy (non-hydrogen) atoms. The average Bonchev–Trinajstić information content (AvgIpc) is 2.30. The van der Waals surface area contributed by atoms with E-state index in [4.69, 9.17) is 20.6 Å². The van der Waals surface area contributed by atoms with Crippen molar-refractivity contribution >= 4 is 5.84 Å². The number of ether oxygens (including phenoxy) is 2. The van der Waals surface area contributed by atoms with Gasteiger partial charge in [0.2, 0.25) is 5.88 Å². The van der Waals surface area contributed by atoms with Gasteiger partial charge in [0.15, 0.2) is 0 Å². The summed E-state index contributed by atoms with van der Waals surface area (Å²) in [5, 5.41) is 7.29. The number of hydrogen-bond donors (Lipinski definition) is 2. The van der Waals surface area contributed by atoms with Crippen LogP contribution in [0.15, 0.2) is 18.2 Å². The summed E-state index contributed by atoms with van der Waals surface area (Å²) in [6.07, 6.45) is 1.92. The molecule has 2 rings (SSSR count). The number of rotatable bonds is 3. The van der Waals surface area contributed by atoms with Crippen molar-refractivity contribution in [1.29, 1.82) is 5.41 Å². The van der Waals surface area contributed by atoms with Crippen LogP contribution in [0.5, 0.6) is 5.88 Å². The van der Waals surface area contributed by atoms with Crippen LogP contribution in [0.2, 0.25) is 0 Å². The van der Waals surface area contributed by atoms with Crippen LogP contribution < -0.4 is 10.5 Å². The van der Waals surface area contributed by atoms with Crippen molar-refractivity contribution < 1.29 is 9.47 Å². The highest BCUT2D eigenvalue weighted by molar-refractivity contribution is 5.93. The molecule has 1 aromatic rings. The Balaban J connectivity index is 2.02. The highest BCUT2D eigenvalue weighted by Crippen LogP contribution is 2.15. The molecule has 5 nitrogen and oxygen atoms in total. The third-order valence-electron chi connectivity index (χ3n) is 2.46. The van der Waals surface area contributed by atoms with E-state index < -0.39 is 0 Å². The molecule has 0 radical (unpaired) electrons. The van der Waals surface area contributed by atoms with Crippen LogP contribution in [-0.2, 0) is 4.74 Å². The van der Waals surface area contributed by atoms with Gasteiger partial charge in [-0.25, -0.2) is 4.98 Å². The van der Waals surface area contributed by atoms with Gasteiger partial charge in [0.1, 0.15) is 17.6 Å². The second-order valence-electron chi connectivity index (χ2n) is 3.70. The molecule has 5 heteroatoms. The summed E-state index contributed by atoms with van der Waals surface area (Å²) < 4.78 is 10.9. The van der Waals surface area contributed by atoms with Gasteiger partial charge in [-0.1, -0.05) is 6.07 Å². The van der Waals surface area contributed by atoms with E-state index in [1.54, 1.807) is 18.2 Å². The lowest BCUT2D eigenvalue weighted by Gasteiger charge is -2.22. The van der Waals surface area contributed by atoms with Crippen LogP contribution in [0.25, 0.3) is 0 Å². The van der Waals surface area contributed by atoms with Crippen molar-refractivity contribution in [3.05, 3.63) is 23.9 Å². The maximum absolute atomic E-state index is 7.29. The van der Waals surface area contributed by atoms with Crippen LogP contribution in [0.1, 0.15) is 18.5 Å². The quantitative estimate of drug-likeness (QED) is 0.587. The lowest BCUT2D eigenvalue weighted by molar-refractivity contribution is 0.0237. The van der Waals surface area contributed by atoms with Crippen molar-refractivity contribution in [3.63, 3.8) is 0 Å². The summed E-state index contributed by atoms with van der Waals surface area (Å²) in [5.74, 6) is 0.483. The van der Waals surface area contributed by atoms with E-state index in [2.05, 4.69) is 4.98 Å². The van der Waals surface area contributed by atoms with Crippen molar-refractivity contribution in [2.24, 2.45) is 5.73 Å². The molecular formula is C11H15N3O2. The number of aromatic nitrogens is 1. The predicted molar refractivity (Wildman–Crippen MR) is 59.7 cm³/mol. The molecule has 0 saturated carbocycles. The molecule has 0 bridgehead atoms. The smallest absolute Gasteiger partial charge is 0.214 e. The summed E-state index contributed by atoms with van der Waals surface area (Å²) in [5.41, 5.74) is 5.81. The molecule has 0 spiro atoms. The Morgan fingerprint density at radius 1 is 1.44 bits per heavy atom. The third kappa shape index (κ3) is 2.70. The summed E-state index contributed by atoms with van der Waals surface area (Å²) in [6, 6.07) is 5.26. The minimum atomic E-state index is -0.0440. The van der Waals surface area contributed by atoms with Crippen LogP contribution in [-0.4, -0.2) is 30.1 Å². The van der Waals surface area contributed by atoms with Gasteiger partial charge >= 0.3 is 0 Å². The van der Waals surface area contributed by atoms with Crippen LogP contribution in [0.4, 0.5) is 0 Å². The number of nitrogen functional groups attached to an aromatic ring is 1. The highest BCUT2D eigenvalue weighted by atomic mass is 16.5. The summed E-state index contributed by atoms with van der Waals surface area (Å²) >= 11 is 0. The standard InChI is InChI=1S/C11H15N3O2/c12-11(13)9-2-1-3-10(14-9)16-8-4-6-15-7-5-8/h1-3,8H,4-7H2,(H3,12,13). The molecule has 0 aliphatic carbocycles.